The number of rotatable bonds is 3. The fourth-order valence-electron chi connectivity index (χ4n) is 0.532. The van der Waals surface area contributed by atoms with Crippen LogP contribution in [0, 0.1) is 5.41 Å². The van der Waals surface area contributed by atoms with Crippen LogP contribution in [0.3, 0.4) is 0 Å². The Hall–Kier alpha value is -0.570. The van der Waals surface area contributed by atoms with Crippen LogP contribution >= 0.6 is 0 Å². The highest BCUT2D eigenvalue weighted by Gasteiger charge is 2.19. The largest absolute Gasteiger partial charge is 0.383 e. The van der Waals surface area contributed by atoms with Gasteiger partial charge in [-0.1, -0.05) is 34.6 Å². The Morgan fingerprint density at radius 1 is 1.38 bits per heavy atom. The molecule has 0 bridgehead atoms. The molecular formula is C10H25NO2. The van der Waals surface area contributed by atoms with E-state index in [1.165, 1.54) is 0 Å². The summed E-state index contributed by atoms with van der Waals surface area (Å²) in [5, 5.41) is 2.76. The molecule has 3 heteroatoms. The molecule has 0 aromatic rings. The Morgan fingerprint density at radius 2 is 1.85 bits per heavy atom. The van der Waals surface area contributed by atoms with E-state index in [2.05, 4.69) is 5.32 Å². The molecule has 0 rings (SSSR count). The zero-order valence-corrected chi connectivity index (χ0v) is 9.73. The van der Waals surface area contributed by atoms with E-state index in [-0.39, 0.29) is 12.7 Å². The lowest BCUT2D eigenvalue weighted by molar-refractivity contribution is -0.128. The van der Waals surface area contributed by atoms with Crippen LogP contribution in [0.4, 0.5) is 0 Å². The normalized spacial score (nSPS) is 10.0. The second kappa shape index (κ2) is 8.05. The van der Waals surface area contributed by atoms with E-state index in [0.717, 1.165) is 0 Å². The molecule has 0 atom stereocenters. The van der Waals surface area contributed by atoms with Gasteiger partial charge in [0.1, 0.15) is 0 Å². The Balaban J connectivity index is -0.000000376. The van der Waals surface area contributed by atoms with E-state index in [1.807, 2.05) is 34.6 Å². The van der Waals surface area contributed by atoms with Gasteiger partial charge in [-0.15, -0.1) is 0 Å². The molecule has 0 fully saturated rings. The third-order valence-corrected chi connectivity index (χ3v) is 1.27. The Morgan fingerprint density at radius 3 is 2.15 bits per heavy atom. The molecule has 0 aliphatic carbocycles. The van der Waals surface area contributed by atoms with E-state index in [1.54, 1.807) is 7.11 Å². The summed E-state index contributed by atoms with van der Waals surface area (Å²) in [5.74, 6) is 0.0644. The van der Waals surface area contributed by atoms with Crippen molar-refractivity contribution in [2.24, 2.45) is 5.41 Å². The van der Waals surface area contributed by atoms with Gasteiger partial charge in [0.25, 0.3) is 0 Å². The minimum absolute atomic E-state index is 0. The highest BCUT2D eigenvalue weighted by molar-refractivity contribution is 5.81. The number of methoxy groups -OCH3 is 1. The lowest BCUT2D eigenvalue weighted by atomic mass is 9.96. The van der Waals surface area contributed by atoms with Gasteiger partial charge in [0, 0.05) is 20.5 Å². The number of carbonyl (C=O) groups excluding carboxylic acids is 1. The summed E-state index contributed by atoms with van der Waals surface area (Å²) in [6.07, 6.45) is 0. The first-order valence-corrected chi connectivity index (χ1v) is 4.75. The van der Waals surface area contributed by atoms with Crippen LogP contribution in [0.25, 0.3) is 0 Å². The van der Waals surface area contributed by atoms with Gasteiger partial charge in [-0.25, -0.2) is 0 Å². The Labute approximate surface area is 83.3 Å². The van der Waals surface area contributed by atoms with Crippen LogP contribution in [-0.2, 0) is 9.53 Å². The van der Waals surface area contributed by atoms with Crippen LogP contribution < -0.4 is 5.32 Å². The molecular weight excluding hydrogens is 166 g/mol. The van der Waals surface area contributed by atoms with Gasteiger partial charge in [0.05, 0.1) is 6.61 Å². The third kappa shape index (κ3) is 9.34. The van der Waals surface area contributed by atoms with Crippen molar-refractivity contribution in [3.63, 3.8) is 0 Å². The summed E-state index contributed by atoms with van der Waals surface area (Å²) >= 11 is 0. The topological polar surface area (TPSA) is 38.3 Å². The maximum absolute atomic E-state index is 11.2. The van der Waals surface area contributed by atoms with Crippen LogP contribution in [0.1, 0.15) is 36.0 Å². The van der Waals surface area contributed by atoms with Crippen LogP contribution in [0.15, 0.2) is 0 Å². The Bertz CT molecular complexity index is 133. The predicted molar refractivity (Wildman–Crippen MR) is 57.8 cm³/mol. The zero-order chi connectivity index (χ0) is 10.9. The number of hydrogen-bond acceptors (Lipinski definition) is 2. The molecule has 1 N–H and O–H groups in total. The van der Waals surface area contributed by atoms with Crippen molar-refractivity contribution in [1.82, 2.24) is 5.32 Å². The van der Waals surface area contributed by atoms with Crippen LogP contribution in [0.5, 0.6) is 0 Å². The summed E-state index contributed by atoms with van der Waals surface area (Å²) in [6, 6.07) is 0. The van der Waals surface area contributed by atoms with Gasteiger partial charge < -0.3 is 10.1 Å². The van der Waals surface area contributed by atoms with Gasteiger partial charge in [0.2, 0.25) is 5.91 Å². The highest BCUT2D eigenvalue weighted by Crippen LogP contribution is 2.11. The van der Waals surface area contributed by atoms with Gasteiger partial charge in [0.15, 0.2) is 0 Å². The van der Waals surface area contributed by atoms with E-state index in [4.69, 9.17) is 4.74 Å². The number of ether oxygens (including phenoxy) is 1. The first-order valence-electron chi connectivity index (χ1n) is 4.75. The second-order valence-corrected chi connectivity index (χ2v) is 3.50. The molecule has 0 unspecified atom stereocenters. The molecule has 0 aliphatic rings. The predicted octanol–water partition coefficient (Wildman–Crippen LogP) is 2.07. The maximum atomic E-state index is 11.2. The zero-order valence-electron chi connectivity index (χ0n) is 9.73. The lowest BCUT2D eigenvalue weighted by Crippen LogP contribution is -2.36. The smallest absolute Gasteiger partial charge is 0.225 e. The highest BCUT2D eigenvalue weighted by atomic mass is 16.5. The maximum Gasteiger partial charge on any atom is 0.225 e. The molecule has 1 amide bonds. The quantitative estimate of drug-likeness (QED) is 0.693. The van der Waals surface area contributed by atoms with Crippen molar-refractivity contribution in [1.29, 1.82) is 0 Å². The van der Waals surface area contributed by atoms with Crippen LogP contribution in [-0.4, -0.2) is 26.2 Å². The lowest BCUT2D eigenvalue weighted by Gasteiger charge is -2.17. The van der Waals surface area contributed by atoms with Crippen molar-refractivity contribution in [2.45, 2.75) is 34.6 Å². The van der Waals surface area contributed by atoms with E-state index >= 15 is 0 Å². The average Bonchev–Trinajstić information content (AvgIpc) is 2.07. The minimum atomic E-state index is -0.298. The van der Waals surface area contributed by atoms with E-state index < -0.39 is 0 Å². The third-order valence-electron chi connectivity index (χ3n) is 1.27. The number of nitrogens with one attached hydrogen (secondary N) is 1. The molecule has 0 heterocycles. The molecule has 0 aromatic heterocycles. The molecule has 0 aliphatic heterocycles. The summed E-state index contributed by atoms with van der Waals surface area (Å²) < 4.78 is 4.79. The standard InChI is InChI=1S/C8H17NO2.C2H6.H2/c1-8(2,3)7(10)9-5-6-11-4;1-2;/h5-6H2,1-4H3,(H,9,10);1-2H3;1H. The number of carbonyl (C=O) groups is 1. The summed E-state index contributed by atoms with van der Waals surface area (Å²) in [7, 11) is 1.61. The van der Waals surface area contributed by atoms with Gasteiger partial charge >= 0.3 is 0 Å². The van der Waals surface area contributed by atoms with Gasteiger partial charge in [-0.05, 0) is 0 Å². The van der Waals surface area contributed by atoms with E-state index in [0.29, 0.717) is 13.2 Å². The van der Waals surface area contributed by atoms with Crippen molar-refractivity contribution in [2.75, 3.05) is 20.3 Å². The molecule has 82 valence electrons. The molecule has 3 nitrogen and oxygen atoms in total. The summed E-state index contributed by atoms with van der Waals surface area (Å²) in [5.41, 5.74) is -0.298. The summed E-state index contributed by atoms with van der Waals surface area (Å²) in [6.45, 7) is 10.8. The van der Waals surface area contributed by atoms with Crippen molar-refractivity contribution in [3.8, 4) is 0 Å². The van der Waals surface area contributed by atoms with Crippen molar-refractivity contribution < 1.29 is 11.0 Å². The monoisotopic (exact) mass is 191 g/mol. The Kier molecular flexibility index (Phi) is 9.24. The SMILES string of the molecule is CC.COCCNC(=O)C(C)(C)C.[HH]. The van der Waals surface area contributed by atoms with Crippen molar-refractivity contribution in [3.05, 3.63) is 0 Å². The van der Waals surface area contributed by atoms with Crippen molar-refractivity contribution >= 4 is 5.91 Å². The van der Waals surface area contributed by atoms with Crippen LogP contribution in [0.2, 0.25) is 0 Å². The molecule has 0 aromatic carbocycles. The molecule has 0 saturated heterocycles. The fourth-order valence-corrected chi connectivity index (χ4v) is 0.532. The molecule has 0 saturated carbocycles. The van der Waals surface area contributed by atoms with Gasteiger partial charge in [-0.3, -0.25) is 4.79 Å². The molecule has 0 radical (unpaired) electrons. The van der Waals surface area contributed by atoms with Gasteiger partial charge in [-0.2, -0.15) is 0 Å². The summed E-state index contributed by atoms with van der Waals surface area (Å²) in [4.78, 5) is 11.2. The first-order chi connectivity index (χ1) is 5.98. The second-order valence-electron chi connectivity index (χ2n) is 3.50. The molecule has 13 heavy (non-hydrogen) atoms. The number of amides is 1. The molecule has 0 spiro atoms. The minimum Gasteiger partial charge on any atom is -0.383 e. The fraction of sp³-hybridized carbons (Fsp3) is 0.900. The number of hydrogen-bond donors (Lipinski definition) is 1. The average molecular weight is 191 g/mol. The first kappa shape index (κ1) is 14.9. The van der Waals surface area contributed by atoms with E-state index in [9.17, 15) is 4.79 Å².